The summed E-state index contributed by atoms with van der Waals surface area (Å²) in [7, 11) is 0. The predicted molar refractivity (Wildman–Crippen MR) is 109 cm³/mol. The zero-order valence-electron chi connectivity index (χ0n) is 13.5. The van der Waals surface area contributed by atoms with E-state index < -0.39 is 0 Å². The molecule has 23 heavy (non-hydrogen) atoms. The van der Waals surface area contributed by atoms with Crippen LogP contribution in [0, 0.1) is 0 Å². The van der Waals surface area contributed by atoms with Crippen molar-refractivity contribution in [3.8, 4) is 5.75 Å². The predicted octanol–water partition coefficient (Wildman–Crippen LogP) is 4.02. The summed E-state index contributed by atoms with van der Waals surface area (Å²) in [5.41, 5.74) is 1.14. The van der Waals surface area contributed by atoms with E-state index in [9.17, 15) is 0 Å². The van der Waals surface area contributed by atoms with Crippen molar-refractivity contribution in [1.29, 1.82) is 0 Å². The topological polar surface area (TPSA) is 45.7 Å². The van der Waals surface area contributed by atoms with Crippen LogP contribution in [0.25, 0.3) is 0 Å². The molecule has 1 heterocycles. The van der Waals surface area contributed by atoms with Crippen LogP contribution in [0.5, 0.6) is 5.75 Å². The molecule has 1 aromatic heterocycles. The Labute approximate surface area is 159 Å². The number of hydrogen-bond acceptors (Lipinski definition) is 3. The number of nitrogens with one attached hydrogen (secondary N) is 2. The Balaban J connectivity index is 0.00000264. The molecule has 2 aromatic rings. The summed E-state index contributed by atoms with van der Waals surface area (Å²) in [5, 5.41) is 8.70. The largest absolute Gasteiger partial charge is 0.494 e. The number of rotatable bonds is 7. The average Bonchev–Trinajstić information content (AvgIpc) is 3.04. The van der Waals surface area contributed by atoms with Crippen molar-refractivity contribution < 1.29 is 4.74 Å². The SMILES string of the molecule is CCNC(=NCc1cccc(OCC)c1)NCc1cccs1.I. The van der Waals surface area contributed by atoms with Crippen LogP contribution in [0.15, 0.2) is 46.8 Å². The van der Waals surface area contributed by atoms with E-state index in [0.29, 0.717) is 13.2 Å². The molecule has 0 aliphatic heterocycles. The molecule has 2 rings (SSSR count). The lowest BCUT2D eigenvalue weighted by Gasteiger charge is -2.11. The molecule has 0 radical (unpaired) electrons. The molecule has 1 aromatic carbocycles. The van der Waals surface area contributed by atoms with E-state index in [1.807, 2.05) is 25.1 Å². The first kappa shape index (κ1) is 19.8. The maximum absolute atomic E-state index is 5.52. The van der Waals surface area contributed by atoms with E-state index in [4.69, 9.17) is 4.74 Å². The zero-order valence-corrected chi connectivity index (χ0v) is 16.7. The Morgan fingerprint density at radius 3 is 2.74 bits per heavy atom. The molecule has 0 spiro atoms. The smallest absolute Gasteiger partial charge is 0.191 e. The summed E-state index contributed by atoms with van der Waals surface area (Å²) < 4.78 is 5.52. The van der Waals surface area contributed by atoms with Gasteiger partial charge >= 0.3 is 0 Å². The van der Waals surface area contributed by atoms with Gasteiger partial charge in [-0.05, 0) is 43.0 Å². The molecule has 4 nitrogen and oxygen atoms in total. The number of thiophene rings is 1. The Morgan fingerprint density at radius 1 is 1.17 bits per heavy atom. The highest BCUT2D eigenvalue weighted by molar-refractivity contribution is 14.0. The molecule has 2 N–H and O–H groups in total. The molecule has 0 aliphatic carbocycles. The number of benzene rings is 1. The van der Waals surface area contributed by atoms with Crippen molar-refractivity contribution in [2.75, 3.05) is 13.2 Å². The summed E-state index contributed by atoms with van der Waals surface area (Å²) in [6.07, 6.45) is 0. The van der Waals surface area contributed by atoms with E-state index in [2.05, 4.69) is 46.1 Å². The van der Waals surface area contributed by atoms with Crippen molar-refractivity contribution in [2.24, 2.45) is 4.99 Å². The summed E-state index contributed by atoms with van der Waals surface area (Å²) in [5.74, 6) is 1.73. The van der Waals surface area contributed by atoms with E-state index in [1.165, 1.54) is 4.88 Å². The van der Waals surface area contributed by atoms with Gasteiger partial charge in [-0.15, -0.1) is 35.3 Å². The lowest BCUT2D eigenvalue weighted by Crippen LogP contribution is -2.36. The van der Waals surface area contributed by atoms with Crippen molar-refractivity contribution in [3.05, 3.63) is 52.2 Å². The zero-order chi connectivity index (χ0) is 15.6. The minimum Gasteiger partial charge on any atom is -0.494 e. The van der Waals surface area contributed by atoms with Gasteiger partial charge in [-0.2, -0.15) is 0 Å². The standard InChI is InChI=1S/C17H23N3OS.HI/c1-3-18-17(20-13-16-9-6-10-22-16)19-12-14-7-5-8-15(11-14)21-4-2;/h5-11H,3-4,12-13H2,1-2H3,(H2,18,19,20);1H. The summed E-state index contributed by atoms with van der Waals surface area (Å²) in [6, 6.07) is 12.3. The fourth-order valence-corrected chi connectivity index (χ4v) is 2.64. The fraction of sp³-hybridized carbons (Fsp3) is 0.353. The van der Waals surface area contributed by atoms with Crippen LogP contribution >= 0.6 is 35.3 Å². The highest BCUT2D eigenvalue weighted by Crippen LogP contribution is 2.14. The molecule has 6 heteroatoms. The first-order chi connectivity index (χ1) is 10.8. The Bertz CT molecular complexity index is 587. The van der Waals surface area contributed by atoms with Crippen molar-refractivity contribution in [1.82, 2.24) is 10.6 Å². The quantitative estimate of drug-likeness (QED) is 0.385. The molecule has 0 aliphatic rings. The molecule has 0 bridgehead atoms. The molecule has 0 fully saturated rings. The van der Waals surface area contributed by atoms with Crippen LogP contribution in [0.2, 0.25) is 0 Å². The minimum atomic E-state index is 0. The van der Waals surface area contributed by atoms with E-state index in [0.717, 1.165) is 30.4 Å². The second kappa shape index (κ2) is 11.3. The van der Waals surface area contributed by atoms with Crippen LogP contribution < -0.4 is 15.4 Å². The van der Waals surface area contributed by atoms with Gasteiger partial charge in [0.15, 0.2) is 5.96 Å². The lowest BCUT2D eigenvalue weighted by atomic mass is 10.2. The Hall–Kier alpha value is -1.28. The van der Waals surface area contributed by atoms with Crippen molar-refractivity contribution >= 4 is 41.3 Å². The Morgan fingerprint density at radius 2 is 2.04 bits per heavy atom. The minimum absolute atomic E-state index is 0. The molecule has 126 valence electrons. The second-order valence-electron chi connectivity index (χ2n) is 4.71. The van der Waals surface area contributed by atoms with Gasteiger partial charge in [0, 0.05) is 11.4 Å². The fourth-order valence-electron chi connectivity index (χ4n) is 2.00. The monoisotopic (exact) mass is 445 g/mol. The Kier molecular flexibility index (Phi) is 9.70. The van der Waals surface area contributed by atoms with E-state index in [1.54, 1.807) is 11.3 Å². The molecule has 0 atom stereocenters. The van der Waals surface area contributed by atoms with Crippen molar-refractivity contribution in [2.45, 2.75) is 26.9 Å². The van der Waals surface area contributed by atoms with Gasteiger partial charge in [0.05, 0.1) is 19.7 Å². The molecule has 0 saturated heterocycles. The second-order valence-corrected chi connectivity index (χ2v) is 5.74. The summed E-state index contributed by atoms with van der Waals surface area (Å²) >= 11 is 1.74. The summed E-state index contributed by atoms with van der Waals surface area (Å²) in [4.78, 5) is 5.92. The first-order valence-corrected chi connectivity index (χ1v) is 8.46. The number of ether oxygens (including phenoxy) is 1. The number of guanidine groups is 1. The third-order valence-electron chi connectivity index (χ3n) is 2.98. The van der Waals surface area contributed by atoms with Gasteiger partial charge in [0.2, 0.25) is 0 Å². The average molecular weight is 445 g/mol. The van der Waals surface area contributed by atoms with Gasteiger partial charge in [-0.1, -0.05) is 18.2 Å². The highest BCUT2D eigenvalue weighted by atomic mass is 127. The highest BCUT2D eigenvalue weighted by Gasteiger charge is 2.00. The van der Waals surface area contributed by atoms with Crippen LogP contribution in [-0.2, 0) is 13.1 Å². The number of hydrogen-bond donors (Lipinski definition) is 2. The maximum Gasteiger partial charge on any atom is 0.191 e. The van der Waals surface area contributed by atoms with Gasteiger partial charge < -0.3 is 15.4 Å². The van der Waals surface area contributed by atoms with Crippen LogP contribution in [0.4, 0.5) is 0 Å². The van der Waals surface area contributed by atoms with Gasteiger partial charge in [0.25, 0.3) is 0 Å². The number of halogens is 1. The molecule has 0 amide bonds. The third kappa shape index (κ3) is 7.22. The maximum atomic E-state index is 5.52. The number of nitrogens with zero attached hydrogens (tertiary/aromatic N) is 1. The van der Waals surface area contributed by atoms with Gasteiger partial charge in [-0.25, -0.2) is 4.99 Å². The van der Waals surface area contributed by atoms with E-state index >= 15 is 0 Å². The van der Waals surface area contributed by atoms with Crippen molar-refractivity contribution in [3.63, 3.8) is 0 Å². The number of aliphatic imine (C=N–C) groups is 1. The summed E-state index contributed by atoms with van der Waals surface area (Å²) in [6.45, 7) is 7.00. The molecular formula is C17H24IN3OS. The van der Waals surface area contributed by atoms with E-state index in [-0.39, 0.29) is 24.0 Å². The van der Waals surface area contributed by atoms with Crippen LogP contribution in [0.3, 0.4) is 0 Å². The van der Waals surface area contributed by atoms with Crippen LogP contribution in [-0.4, -0.2) is 19.1 Å². The normalized spacial score (nSPS) is 10.8. The third-order valence-corrected chi connectivity index (χ3v) is 3.86. The molecule has 0 saturated carbocycles. The van der Waals surface area contributed by atoms with Crippen LogP contribution in [0.1, 0.15) is 24.3 Å². The van der Waals surface area contributed by atoms with Gasteiger partial charge in [0.1, 0.15) is 5.75 Å². The van der Waals surface area contributed by atoms with Gasteiger partial charge in [-0.3, -0.25) is 0 Å². The molecular weight excluding hydrogens is 421 g/mol. The lowest BCUT2D eigenvalue weighted by molar-refractivity contribution is 0.340. The molecule has 0 unspecified atom stereocenters. The first-order valence-electron chi connectivity index (χ1n) is 7.58.